The van der Waals surface area contributed by atoms with Crippen LogP contribution in [0.5, 0.6) is 0 Å². The first-order valence-electron chi connectivity index (χ1n) is 10.8. The third-order valence-corrected chi connectivity index (χ3v) is 5.85. The van der Waals surface area contributed by atoms with Crippen LogP contribution in [0.15, 0.2) is 60.9 Å². The Balaban J connectivity index is 1.43. The quantitative estimate of drug-likeness (QED) is 0.478. The molecule has 3 heterocycles. The van der Waals surface area contributed by atoms with Gasteiger partial charge in [-0.25, -0.2) is 9.78 Å². The van der Waals surface area contributed by atoms with Gasteiger partial charge in [0.1, 0.15) is 5.82 Å². The number of carbonyl (C=O) groups is 2. The van der Waals surface area contributed by atoms with Gasteiger partial charge in [0.25, 0.3) is 0 Å². The lowest BCUT2D eigenvalue weighted by Crippen LogP contribution is -2.26. The predicted molar refractivity (Wildman–Crippen MR) is 128 cm³/mol. The number of rotatable bonds is 4. The molecule has 2 aromatic carbocycles. The van der Waals surface area contributed by atoms with E-state index in [4.69, 9.17) is 0 Å². The molecule has 33 heavy (non-hydrogen) atoms. The van der Waals surface area contributed by atoms with E-state index in [1.165, 1.54) is 9.47 Å². The van der Waals surface area contributed by atoms with Crippen LogP contribution in [0.1, 0.15) is 38.7 Å². The number of carbonyl (C=O) groups excluding carboxylic acids is 2. The second-order valence-electron chi connectivity index (χ2n) is 8.54. The number of aromatic amines is 1. The molecule has 0 unspecified atom stereocenters. The highest BCUT2D eigenvalue weighted by Gasteiger charge is 2.21. The summed E-state index contributed by atoms with van der Waals surface area (Å²) in [5.74, 6) is 0.810. The summed E-state index contributed by atoms with van der Waals surface area (Å²) in [7, 11) is 3.40. The lowest BCUT2D eigenvalue weighted by atomic mass is 10.0. The molecule has 4 aromatic rings. The van der Waals surface area contributed by atoms with Gasteiger partial charge in [-0.1, -0.05) is 36.4 Å². The van der Waals surface area contributed by atoms with Crippen molar-refractivity contribution in [3.63, 3.8) is 0 Å². The lowest BCUT2D eigenvalue weighted by molar-refractivity contribution is 0.104. The number of ketones is 1. The van der Waals surface area contributed by atoms with E-state index in [1.807, 2.05) is 67.7 Å². The highest BCUT2D eigenvalue weighted by Crippen LogP contribution is 2.25. The number of nitrogens with zero attached hydrogens (tertiary/aromatic N) is 4. The fourth-order valence-electron chi connectivity index (χ4n) is 4.29. The number of hydrogen-bond acceptors (Lipinski definition) is 4. The first-order chi connectivity index (χ1) is 15.9. The zero-order chi connectivity index (χ0) is 23.1. The third kappa shape index (κ3) is 3.82. The van der Waals surface area contributed by atoms with Crippen LogP contribution in [-0.2, 0) is 13.1 Å². The fraction of sp³-hybridized carbons (Fsp3) is 0.192. The topological polar surface area (TPSA) is 74.2 Å². The normalized spacial score (nSPS) is 12.8. The van der Waals surface area contributed by atoms with E-state index in [2.05, 4.69) is 14.9 Å². The molecule has 5 rings (SSSR count). The Morgan fingerprint density at radius 1 is 1.12 bits per heavy atom. The molecule has 1 N–H and O–H groups in total. The molecule has 1 aliphatic heterocycles. The monoisotopic (exact) mass is 439 g/mol. The van der Waals surface area contributed by atoms with Gasteiger partial charge in [-0.2, -0.15) is 0 Å². The zero-order valence-corrected chi connectivity index (χ0v) is 18.9. The van der Waals surface area contributed by atoms with Crippen LogP contribution in [0.4, 0.5) is 4.79 Å². The largest absolute Gasteiger partial charge is 0.367 e. The van der Waals surface area contributed by atoms with E-state index in [1.54, 1.807) is 20.3 Å². The van der Waals surface area contributed by atoms with Gasteiger partial charge >= 0.3 is 6.03 Å². The summed E-state index contributed by atoms with van der Waals surface area (Å²) in [6.45, 7) is 3.37. The summed E-state index contributed by atoms with van der Waals surface area (Å²) in [5.41, 5.74) is 4.97. The minimum Gasteiger partial charge on any atom is -0.367 e. The van der Waals surface area contributed by atoms with Gasteiger partial charge in [0.2, 0.25) is 0 Å². The third-order valence-electron chi connectivity index (χ3n) is 5.85. The van der Waals surface area contributed by atoms with Crippen molar-refractivity contribution in [3.05, 3.63) is 94.8 Å². The molecule has 7 heteroatoms. The first-order valence-corrected chi connectivity index (χ1v) is 10.8. The van der Waals surface area contributed by atoms with Crippen LogP contribution in [0.3, 0.4) is 0 Å². The number of imidazole rings is 1. The van der Waals surface area contributed by atoms with Gasteiger partial charge in [0.15, 0.2) is 5.78 Å². The van der Waals surface area contributed by atoms with E-state index < -0.39 is 0 Å². The van der Waals surface area contributed by atoms with E-state index in [9.17, 15) is 9.59 Å². The lowest BCUT2D eigenvalue weighted by Gasteiger charge is -2.23. The average molecular weight is 440 g/mol. The maximum absolute atomic E-state index is 13.5. The molecule has 1 amide bonds. The maximum Gasteiger partial charge on any atom is 0.328 e. The number of fused-ring (bicyclic) bond motifs is 2. The fourth-order valence-corrected chi connectivity index (χ4v) is 4.29. The molecule has 7 nitrogen and oxygen atoms in total. The summed E-state index contributed by atoms with van der Waals surface area (Å²) < 4.78 is 1.54. The molecule has 0 spiro atoms. The van der Waals surface area contributed by atoms with Crippen LogP contribution >= 0.6 is 0 Å². The number of aromatic nitrogens is 3. The number of benzene rings is 2. The Labute approximate surface area is 192 Å². The van der Waals surface area contributed by atoms with Gasteiger partial charge < -0.3 is 14.8 Å². The van der Waals surface area contributed by atoms with Crippen molar-refractivity contribution in [2.75, 3.05) is 14.1 Å². The SMILES string of the molecule is Cc1nc2c([nH]1)CN(Cc1cccc(C(=O)c3cn(C(=O)N(C)C)c4ccccc34)c1)C=C2. The van der Waals surface area contributed by atoms with Crippen molar-refractivity contribution < 1.29 is 9.59 Å². The minimum absolute atomic E-state index is 0.0981. The summed E-state index contributed by atoms with van der Waals surface area (Å²) in [5, 5.41) is 0.768. The van der Waals surface area contributed by atoms with E-state index >= 15 is 0 Å². The molecule has 1 aliphatic rings. The van der Waals surface area contributed by atoms with Crippen molar-refractivity contribution in [2.24, 2.45) is 0 Å². The number of H-pyrrole nitrogens is 1. The molecular formula is C26H25N5O2. The second kappa shape index (κ2) is 8.09. The molecule has 166 valence electrons. The standard InChI is InChI=1S/C26H25N5O2/c1-17-27-22-11-12-30(16-23(22)28-17)14-18-7-6-8-19(13-18)25(32)21-15-31(26(33)29(2)3)24-10-5-4-9-20(21)24/h4-13,15H,14,16H2,1-3H3,(H,27,28). The molecule has 0 fully saturated rings. The molecular weight excluding hydrogens is 414 g/mol. The molecule has 0 radical (unpaired) electrons. The number of para-hydroxylation sites is 1. The Morgan fingerprint density at radius 3 is 2.76 bits per heavy atom. The second-order valence-corrected chi connectivity index (χ2v) is 8.54. The Kier molecular flexibility index (Phi) is 5.09. The van der Waals surface area contributed by atoms with Gasteiger partial charge in [0.05, 0.1) is 23.4 Å². The van der Waals surface area contributed by atoms with Crippen molar-refractivity contribution in [1.29, 1.82) is 0 Å². The maximum atomic E-state index is 13.5. The van der Waals surface area contributed by atoms with E-state index in [0.717, 1.165) is 40.2 Å². The molecule has 2 aromatic heterocycles. The first kappa shape index (κ1) is 20.8. The van der Waals surface area contributed by atoms with Crippen molar-refractivity contribution >= 4 is 28.8 Å². The van der Waals surface area contributed by atoms with Crippen LogP contribution in [0.25, 0.3) is 17.0 Å². The number of aryl methyl sites for hydroxylation is 1. The predicted octanol–water partition coefficient (Wildman–Crippen LogP) is 4.42. The Morgan fingerprint density at radius 2 is 1.94 bits per heavy atom. The number of nitrogens with one attached hydrogen (secondary N) is 1. The van der Waals surface area contributed by atoms with Gasteiger partial charge in [-0.3, -0.25) is 9.36 Å². The minimum atomic E-state index is -0.190. The molecule has 0 aliphatic carbocycles. The van der Waals surface area contributed by atoms with Crippen molar-refractivity contribution in [3.8, 4) is 0 Å². The molecule has 0 saturated heterocycles. The van der Waals surface area contributed by atoms with Crippen LogP contribution in [0, 0.1) is 6.92 Å². The highest BCUT2D eigenvalue weighted by atomic mass is 16.2. The van der Waals surface area contributed by atoms with Crippen molar-refractivity contribution in [1.82, 2.24) is 24.3 Å². The van der Waals surface area contributed by atoms with Crippen LogP contribution in [0.2, 0.25) is 0 Å². The van der Waals surface area contributed by atoms with Crippen LogP contribution in [-0.4, -0.2) is 50.2 Å². The summed E-state index contributed by atoms with van der Waals surface area (Å²) in [6, 6.07) is 15.0. The summed E-state index contributed by atoms with van der Waals surface area (Å²) >= 11 is 0. The van der Waals surface area contributed by atoms with Gasteiger partial charge in [-0.05, 0) is 30.7 Å². The molecule has 0 atom stereocenters. The smallest absolute Gasteiger partial charge is 0.328 e. The van der Waals surface area contributed by atoms with Gasteiger partial charge in [0, 0.05) is 49.6 Å². The van der Waals surface area contributed by atoms with Crippen LogP contribution < -0.4 is 0 Å². The summed E-state index contributed by atoms with van der Waals surface area (Å²) in [6.07, 6.45) is 5.70. The highest BCUT2D eigenvalue weighted by molar-refractivity contribution is 6.17. The number of hydrogen-bond donors (Lipinski definition) is 1. The van der Waals surface area contributed by atoms with Gasteiger partial charge in [-0.15, -0.1) is 0 Å². The average Bonchev–Trinajstić information content (AvgIpc) is 3.37. The Bertz CT molecular complexity index is 1410. The zero-order valence-electron chi connectivity index (χ0n) is 18.9. The van der Waals surface area contributed by atoms with E-state index in [0.29, 0.717) is 17.7 Å². The van der Waals surface area contributed by atoms with E-state index in [-0.39, 0.29) is 11.8 Å². The molecule has 0 bridgehead atoms. The Hall–Kier alpha value is -4.13. The molecule has 0 saturated carbocycles. The number of amides is 1. The summed E-state index contributed by atoms with van der Waals surface area (Å²) in [4.78, 5) is 37.6. The van der Waals surface area contributed by atoms with Crippen molar-refractivity contribution in [2.45, 2.75) is 20.0 Å².